The molecular weight excluding hydrogens is 952 g/mol. The number of hydrogen-bond acceptors (Lipinski definition) is 10. The van der Waals surface area contributed by atoms with Crippen LogP contribution < -0.4 is 0 Å². The minimum absolute atomic E-state index is 0.154. The Morgan fingerprint density at radius 1 is 0.378 bits per heavy atom. The molecule has 0 saturated carbocycles. The lowest BCUT2D eigenvalue weighted by Crippen LogP contribution is -2.30. The highest BCUT2D eigenvalue weighted by atomic mass is 31.2. The molecule has 0 aliphatic heterocycles. The fourth-order valence-corrected chi connectivity index (χ4v) is 9.58. The number of unbranched alkanes of at least 4 members (excludes halogenated alkanes) is 35. The molecule has 0 amide bonds. The topological polar surface area (TPSA) is 155 Å². The van der Waals surface area contributed by atoms with Gasteiger partial charge in [-0.05, 0) is 77.0 Å². The van der Waals surface area contributed by atoms with E-state index in [0.717, 1.165) is 89.9 Å². The van der Waals surface area contributed by atoms with Crippen LogP contribution in [0, 0.1) is 0 Å². The molecule has 0 aliphatic carbocycles. The molecule has 2 N–H and O–H groups in total. The molecular formula is C62H115O11P. The van der Waals surface area contributed by atoms with Crippen LogP contribution in [0.3, 0.4) is 0 Å². The van der Waals surface area contributed by atoms with Crippen molar-refractivity contribution in [1.82, 2.24) is 0 Å². The average molecular weight is 1070 g/mol. The largest absolute Gasteiger partial charge is 0.472 e. The van der Waals surface area contributed by atoms with Crippen LogP contribution in [0.15, 0.2) is 36.5 Å². The third-order valence-corrected chi connectivity index (χ3v) is 14.5. The van der Waals surface area contributed by atoms with Crippen molar-refractivity contribution >= 4 is 25.7 Å². The van der Waals surface area contributed by atoms with E-state index >= 15 is 0 Å². The van der Waals surface area contributed by atoms with Crippen LogP contribution in [-0.2, 0) is 42.2 Å². The van der Waals surface area contributed by atoms with Gasteiger partial charge in [-0.1, -0.05) is 243 Å². The summed E-state index contributed by atoms with van der Waals surface area (Å²) in [4.78, 5) is 48.6. The molecule has 0 spiro atoms. The summed E-state index contributed by atoms with van der Waals surface area (Å²) in [5.74, 6) is -1.46. The second-order valence-corrected chi connectivity index (χ2v) is 22.3. The summed E-state index contributed by atoms with van der Waals surface area (Å²) in [6.07, 6.45) is 59.5. The highest BCUT2D eigenvalue weighted by Crippen LogP contribution is 2.43. The average Bonchev–Trinajstić information content (AvgIpc) is 3.39. The van der Waals surface area contributed by atoms with Crippen molar-refractivity contribution in [1.29, 1.82) is 0 Å². The number of hydrogen-bond donors (Lipinski definition) is 2. The van der Waals surface area contributed by atoms with Gasteiger partial charge < -0.3 is 24.2 Å². The summed E-state index contributed by atoms with van der Waals surface area (Å²) in [6, 6.07) is 0. The van der Waals surface area contributed by atoms with Gasteiger partial charge >= 0.3 is 25.7 Å². The highest BCUT2D eigenvalue weighted by Gasteiger charge is 2.28. The molecule has 12 heteroatoms. The number of carbonyl (C=O) groups is 3. The van der Waals surface area contributed by atoms with Crippen molar-refractivity contribution < 1.29 is 52.2 Å². The third kappa shape index (κ3) is 54.5. The number of aliphatic hydroxyl groups is 1. The molecule has 434 valence electrons. The summed E-state index contributed by atoms with van der Waals surface area (Å²) < 4.78 is 39.6. The lowest BCUT2D eigenvalue weighted by Gasteiger charge is -2.21. The van der Waals surface area contributed by atoms with Gasteiger partial charge in [-0.15, -0.1) is 0 Å². The number of allylic oxidation sites excluding steroid dienone is 6. The second-order valence-electron chi connectivity index (χ2n) is 20.9. The summed E-state index contributed by atoms with van der Waals surface area (Å²) in [6.45, 7) is 4.65. The Balaban J connectivity index is 4.69. The lowest BCUT2D eigenvalue weighted by molar-refractivity contribution is -0.161. The number of phosphoric ester groups is 1. The molecule has 0 rings (SSSR count). The Hall–Kier alpha value is -2.30. The predicted molar refractivity (Wildman–Crippen MR) is 307 cm³/mol. The first-order valence-electron chi connectivity index (χ1n) is 30.9. The van der Waals surface area contributed by atoms with Crippen LogP contribution in [0.1, 0.15) is 303 Å². The van der Waals surface area contributed by atoms with Crippen LogP contribution in [0.4, 0.5) is 0 Å². The van der Waals surface area contributed by atoms with E-state index in [4.69, 9.17) is 23.3 Å². The SMILES string of the molecule is CCCCC/C=C\C/C=C\CCCCCCCC(=O)OC(COC(=O)CCCCCCCCC/C=C\CCCCCCCC)COP(=O)(O)OCC(CO)OC(=O)CCCCCCCCCCCCCCCCC. The number of phosphoric acid groups is 1. The zero-order valence-electron chi connectivity index (χ0n) is 48.1. The molecule has 3 unspecified atom stereocenters. The molecule has 0 saturated heterocycles. The molecule has 0 aromatic heterocycles. The monoisotopic (exact) mass is 1070 g/mol. The number of esters is 3. The Kier molecular flexibility index (Phi) is 55.1. The van der Waals surface area contributed by atoms with Gasteiger partial charge in [0.25, 0.3) is 0 Å². The van der Waals surface area contributed by atoms with E-state index in [1.165, 1.54) is 154 Å². The molecule has 74 heavy (non-hydrogen) atoms. The minimum Gasteiger partial charge on any atom is -0.462 e. The zero-order chi connectivity index (χ0) is 54.1. The molecule has 3 atom stereocenters. The molecule has 0 bridgehead atoms. The molecule has 0 heterocycles. The van der Waals surface area contributed by atoms with Crippen LogP contribution in [0.5, 0.6) is 0 Å². The van der Waals surface area contributed by atoms with E-state index in [1.54, 1.807) is 0 Å². The van der Waals surface area contributed by atoms with Crippen molar-refractivity contribution in [2.45, 2.75) is 315 Å². The van der Waals surface area contributed by atoms with Gasteiger partial charge in [-0.25, -0.2) is 4.57 Å². The lowest BCUT2D eigenvalue weighted by atomic mass is 10.0. The third-order valence-electron chi connectivity index (χ3n) is 13.5. The first-order valence-corrected chi connectivity index (χ1v) is 32.4. The summed E-state index contributed by atoms with van der Waals surface area (Å²) in [5.41, 5.74) is 0. The maximum atomic E-state index is 12.9. The van der Waals surface area contributed by atoms with Crippen LogP contribution in [0.25, 0.3) is 0 Å². The normalized spacial score (nSPS) is 13.5. The molecule has 0 radical (unpaired) electrons. The molecule has 0 fully saturated rings. The van der Waals surface area contributed by atoms with E-state index in [9.17, 15) is 28.9 Å². The highest BCUT2D eigenvalue weighted by molar-refractivity contribution is 7.47. The smallest absolute Gasteiger partial charge is 0.462 e. The first kappa shape index (κ1) is 71.7. The molecule has 0 aromatic carbocycles. The van der Waals surface area contributed by atoms with E-state index in [1.807, 2.05) is 0 Å². The minimum atomic E-state index is -4.75. The standard InChI is InChI=1S/C62H115O11P/c1-4-7-10-13-16-19-22-25-28-29-32-33-36-39-42-45-48-51-60(64)69-55-59(73-62(66)53-50-47-44-41-38-35-31-27-24-21-18-15-12-9-6-3)57-71-74(67,68)70-56-58(54-63)72-61(65)52-49-46-43-40-37-34-30-26-23-20-17-14-11-8-5-2/h18,21,25,27-28,31,58-59,63H,4-17,19-20,22-24,26,29-30,32-57H2,1-3H3,(H,67,68)/b21-18-,28-25-,31-27-. The Labute approximate surface area is 454 Å². The maximum Gasteiger partial charge on any atom is 0.472 e. The number of rotatable bonds is 58. The van der Waals surface area contributed by atoms with Crippen LogP contribution >= 0.6 is 7.82 Å². The van der Waals surface area contributed by atoms with Gasteiger partial charge in [-0.3, -0.25) is 23.4 Å². The first-order chi connectivity index (χ1) is 36.2. The second kappa shape index (κ2) is 56.9. The van der Waals surface area contributed by atoms with Crippen molar-refractivity contribution in [3.8, 4) is 0 Å². The van der Waals surface area contributed by atoms with Gasteiger partial charge in [0.1, 0.15) is 12.7 Å². The van der Waals surface area contributed by atoms with E-state index in [2.05, 4.69) is 57.2 Å². The Bertz CT molecular complexity index is 1380. The van der Waals surface area contributed by atoms with Crippen molar-refractivity contribution in [3.05, 3.63) is 36.5 Å². The van der Waals surface area contributed by atoms with Crippen molar-refractivity contribution in [3.63, 3.8) is 0 Å². The van der Waals surface area contributed by atoms with Crippen LogP contribution in [-0.4, -0.2) is 66.5 Å². The fraction of sp³-hybridized carbons (Fsp3) is 0.855. The Morgan fingerprint density at radius 3 is 1.04 bits per heavy atom. The van der Waals surface area contributed by atoms with Crippen molar-refractivity contribution in [2.75, 3.05) is 26.4 Å². The fourth-order valence-electron chi connectivity index (χ4n) is 8.79. The van der Waals surface area contributed by atoms with Crippen LogP contribution in [0.2, 0.25) is 0 Å². The number of ether oxygens (including phenoxy) is 3. The van der Waals surface area contributed by atoms with Gasteiger partial charge in [0.05, 0.1) is 19.8 Å². The summed E-state index contributed by atoms with van der Waals surface area (Å²) >= 11 is 0. The van der Waals surface area contributed by atoms with Gasteiger partial charge in [0.15, 0.2) is 6.10 Å². The number of aliphatic hydroxyl groups excluding tert-OH is 1. The molecule has 0 aliphatic rings. The van der Waals surface area contributed by atoms with E-state index in [0.29, 0.717) is 19.3 Å². The molecule has 11 nitrogen and oxygen atoms in total. The van der Waals surface area contributed by atoms with Crippen molar-refractivity contribution in [2.24, 2.45) is 0 Å². The molecule has 0 aromatic rings. The summed E-state index contributed by atoms with van der Waals surface area (Å²) in [5, 5.41) is 9.83. The van der Waals surface area contributed by atoms with Gasteiger partial charge in [0, 0.05) is 19.3 Å². The summed E-state index contributed by atoms with van der Waals surface area (Å²) in [7, 11) is -4.75. The maximum absolute atomic E-state index is 12.9. The quantitative estimate of drug-likeness (QED) is 0.0197. The number of carbonyl (C=O) groups excluding carboxylic acids is 3. The van der Waals surface area contributed by atoms with Gasteiger partial charge in [-0.2, -0.15) is 0 Å². The predicted octanol–water partition coefficient (Wildman–Crippen LogP) is 18.4. The van der Waals surface area contributed by atoms with E-state index in [-0.39, 0.29) is 25.9 Å². The Morgan fingerprint density at radius 2 is 0.662 bits per heavy atom. The zero-order valence-corrected chi connectivity index (χ0v) is 49.0. The van der Waals surface area contributed by atoms with E-state index < -0.39 is 57.8 Å². The van der Waals surface area contributed by atoms with Gasteiger partial charge in [0.2, 0.25) is 0 Å².